The molecular weight excluding hydrogens is 350 g/mol. The van der Waals surface area contributed by atoms with Crippen molar-refractivity contribution in [1.82, 2.24) is 5.32 Å². The maximum atomic E-state index is 12.5. The van der Waals surface area contributed by atoms with Crippen molar-refractivity contribution in [1.29, 1.82) is 0 Å². The number of para-hydroxylation sites is 1. The van der Waals surface area contributed by atoms with Crippen molar-refractivity contribution in [3.63, 3.8) is 0 Å². The molecule has 1 aliphatic carbocycles. The van der Waals surface area contributed by atoms with E-state index in [1.165, 1.54) is 18.2 Å². The number of amides is 1. The lowest BCUT2D eigenvalue weighted by molar-refractivity contribution is -0.383. The van der Waals surface area contributed by atoms with Gasteiger partial charge in [-0.15, -0.1) is 0 Å². The van der Waals surface area contributed by atoms with Crippen molar-refractivity contribution < 1.29 is 19.6 Å². The summed E-state index contributed by atoms with van der Waals surface area (Å²) in [6.45, 7) is 0. The van der Waals surface area contributed by atoms with Gasteiger partial charge in [-0.2, -0.15) is 0 Å². The van der Waals surface area contributed by atoms with Crippen molar-refractivity contribution in [2.45, 2.75) is 31.2 Å². The second-order valence-electron chi connectivity index (χ2n) is 6.64. The number of carboxylic acids is 1. The number of rotatable bonds is 7. The maximum Gasteiger partial charge on any atom is 0.305 e. The van der Waals surface area contributed by atoms with Crippen LogP contribution in [-0.2, 0) is 4.79 Å². The van der Waals surface area contributed by atoms with Gasteiger partial charge in [-0.1, -0.05) is 18.2 Å². The molecule has 3 rings (SSSR count). The van der Waals surface area contributed by atoms with Gasteiger partial charge in [-0.25, -0.2) is 0 Å². The highest BCUT2D eigenvalue weighted by Crippen LogP contribution is 2.35. The predicted octanol–water partition coefficient (Wildman–Crippen LogP) is 3.47. The summed E-state index contributed by atoms with van der Waals surface area (Å²) in [5.74, 6) is -1.49. The smallest absolute Gasteiger partial charge is 0.305 e. The van der Waals surface area contributed by atoms with Gasteiger partial charge in [0.2, 0.25) is 0 Å². The van der Waals surface area contributed by atoms with Crippen LogP contribution in [0.25, 0.3) is 0 Å². The number of nitro benzene ring substituents is 1. The van der Waals surface area contributed by atoms with E-state index in [2.05, 4.69) is 10.6 Å². The first kappa shape index (κ1) is 18.4. The average Bonchev–Trinajstić information content (AvgIpc) is 2.60. The second kappa shape index (κ2) is 7.45. The van der Waals surface area contributed by atoms with Gasteiger partial charge < -0.3 is 15.7 Å². The fraction of sp³-hybridized carbons (Fsp3) is 0.263. The largest absolute Gasteiger partial charge is 0.481 e. The zero-order valence-corrected chi connectivity index (χ0v) is 14.5. The van der Waals surface area contributed by atoms with Gasteiger partial charge in [0.05, 0.1) is 16.9 Å². The number of carbonyl (C=O) groups is 2. The van der Waals surface area contributed by atoms with Crippen molar-refractivity contribution in [2.75, 3.05) is 5.32 Å². The summed E-state index contributed by atoms with van der Waals surface area (Å²) >= 11 is 0. The Balaban J connectivity index is 1.82. The lowest BCUT2D eigenvalue weighted by atomic mass is 9.74. The molecule has 2 aromatic carbocycles. The summed E-state index contributed by atoms with van der Waals surface area (Å²) in [5, 5.41) is 26.2. The highest BCUT2D eigenvalue weighted by Gasteiger charge is 2.40. The fourth-order valence-electron chi connectivity index (χ4n) is 3.16. The molecule has 0 radical (unpaired) electrons. The molecule has 0 heterocycles. The van der Waals surface area contributed by atoms with Gasteiger partial charge in [-0.05, 0) is 43.5 Å². The average molecular weight is 369 g/mol. The molecule has 2 aromatic rings. The molecule has 8 nitrogen and oxygen atoms in total. The molecule has 0 unspecified atom stereocenters. The molecule has 1 aliphatic rings. The Hall–Kier alpha value is -3.42. The number of hydrogen-bond donors (Lipinski definition) is 3. The number of benzene rings is 2. The van der Waals surface area contributed by atoms with Crippen LogP contribution in [0.5, 0.6) is 0 Å². The predicted molar refractivity (Wildman–Crippen MR) is 99.1 cm³/mol. The van der Waals surface area contributed by atoms with Crippen LogP contribution in [0.15, 0.2) is 48.5 Å². The molecule has 0 aromatic heterocycles. The standard InChI is InChI=1S/C19H19N3O5/c23-17(24)12-19(9-4-10-19)21-18(25)13-7-8-15(16(11-13)22(26)27)20-14-5-2-1-3-6-14/h1-3,5-8,11,20H,4,9-10,12H2,(H,21,25)(H,23,24). The van der Waals surface area contributed by atoms with E-state index in [1.807, 2.05) is 6.07 Å². The van der Waals surface area contributed by atoms with E-state index in [9.17, 15) is 19.7 Å². The van der Waals surface area contributed by atoms with E-state index in [0.717, 1.165) is 6.42 Å². The van der Waals surface area contributed by atoms with Crippen LogP contribution in [0.3, 0.4) is 0 Å². The van der Waals surface area contributed by atoms with Crippen LogP contribution in [0.4, 0.5) is 17.1 Å². The highest BCUT2D eigenvalue weighted by atomic mass is 16.6. The molecule has 3 N–H and O–H groups in total. The van der Waals surface area contributed by atoms with Gasteiger partial charge in [0.25, 0.3) is 11.6 Å². The van der Waals surface area contributed by atoms with Crippen LogP contribution in [0.2, 0.25) is 0 Å². The number of carbonyl (C=O) groups excluding carboxylic acids is 1. The quantitative estimate of drug-likeness (QED) is 0.507. The van der Waals surface area contributed by atoms with Crippen molar-refractivity contribution in [3.05, 3.63) is 64.2 Å². The minimum atomic E-state index is -0.983. The zero-order valence-electron chi connectivity index (χ0n) is 14.5. The summed E-state index contributed by atoms with van der Waals surface area (Å²) in [4.78, 5) is 34.5. The van der Waals surface area contributed by atoms with Crippen molar-refractivity contribution >= 4 is 28.9 Å². The van der Waals surface area contributed by atoms with Crippen LogP contribution in [0, 0.1) is 10.1 Å². The van der Waals surface area contributed by atoms with E-state index in [0.29, 0.717) is 18.5 Å². The minimum absolute atomic E-state index is 0.122. The van der Waals surface area contributed by atoms with Gasteiger partial charge in [0, 0.05) is 17.3 Å². The number of nitrogens with one attached hydrogen (secondary N) is 2. The van der Waals surface area contributed by atoms with Crippen LogP contribution < -0.4 is 10.6 Å². The number of anilines is 2. The molecule has 1 saturated carbocycles. The lowest BCUT2D eigenvalue weighted by Crippen LogP contribution is -2.54. The Labute approximate surface area is 155 Å². The summed E-state index contributed by atoms with van der Waals surface area (Å²) < 4.78 is 0. The third kappa shape index (κ3) is 4.22. The molecule has 1 fully saturated rings. The normalized spacial score (nSPS) is 14.7. The maximum absolute atomic E-state index is 12.5. The van der Waals surface area contributed by atoms with Crippen LogP contribution in [0.1, 0.15) is 36.0 Å². The third-order valence-electron chi connectivity index (χ3n) is 4.69. The molecule has 0 atom stereocenters. The van der Waals surface area contributed by atoms with E-state index in [4.69, 9.17) is 5.11 Å². The number of nitro groups is 1. The van der Waals surface area contributed by atoms with E-state index in [1.54, 1.807) is 24.3 Å². The monoisotopic (exact) mass is 369 g/mol. The van der Waals surface area contributed by atoms with E-state index in [-0.39, 0.29) is 23.4 Å². The Kier molecular flexibility index (Phi) is 5.07. The van der Waals surface area contributed by atoms with Gasteiger partial charge in [-0.3, -0.25) is 19.7 Å². The highest BCUT2D eigenvalue weighted by molar-refractivity contribution is 5.96. The molecule has 0 saturated heterocycles. The van der Waals surface area contributed by atoms with Crippen LogP contribution >= 0.6 is 0 Å². The number of hydrogen-bond acceptors (Lipinski definition) is 5. The molecular formula is C19H19N3O5. The summed E-state index contributed by atoms with van der Waals surface area (Å²) in [6, 6.07) is 13.2. The molecule has 8 heteroatoms. The second-order valence-corrected chi connectivity index (χ2v) is 6.64. The van der Waals surface area contributed by atoms with E-state index >= 15 is 0 Å². The Bertz CT molecular complexity index is 878. The topological polar surface area (TPSA) is 122 Å². The summed E-state index contributed by atoms with van der Waals surface area (Å²) in [6.07, 6.45) is 1.85. The SMILES string of the molecule is O=C(O)CC1(NC(=O)c2ccc(Nc3ccccc3)c([N+](=O)[O-])c2)CCC1. The lowest BCUT2D eigenvalue weighted by Gasteiger charge is -2.41. The Morgan fingerprint density at radius 3 is 2.41 bits per heavy atom. The fourth-order valence-corrected chi connectivity index (χ4v) is 3.16. The number of carboxylic acid groups (broad SMARTS) is 1. The van der Waals surface area contributed by atoms with Gasteiger partial charge in [0.1, 0.15) is 5.69 Å². The molecule has 140 valence electrons. The van der Waals surface area contributed by atoms with E-state index < -0.39 is 22.3 Å². The molecule has 0 spiro atoms. The minimum Gasteiger partial charge on any atom is -0.481 e. The Morgan fingerprint density at radius 1 is 1.15 bits per heavy atom. The molecule has 0 aliphatic heterocycles. The van der Waals surface area contributed by atoms with Gasteiger partial charge in [0.15, 0.2) is 0 Å². The molecule has 27 heavy (non-hydrogen) atoms. The van der Waals surface area contributed by atoms with Crippen LogP contribution in [-0.4, -0.2) is 27.4 Å². The van der Waals surface area contributed by atoms with Crippen molar-refractivity contribution in [3.8, 4) is 0 Å². The summed E-state index contributed by atoms with van der Waals surface area (Å²) in [7, 11) is 0. The molecule has 1 amide bonds. The first-order valence-electron chi connectivity index (χ1n) is 8.53. The van der Waals surface area contributed by atoms with Crippen molar-refractivity contribution in [2.24, 2.45) is 0 Å². The number of nitrogens with zero attached hydrogens (tertiary/aromatic N) is 1. The van der Waals surface area contributed by atoms with Gasteiger partial charge >= 0.3 is 5.97 Å². The Morgan fingerprint density at radius 2 is 1.85 bits per heavy atom. The first-order valence-corrected chi connectivity index (χ1v) is 8.53. The molecule has 0 bridgehead atoms. The number of aliphatic carboxylic acids is 1. The first-order chi connectivity index (χ1) is 12.9. The zero-order chi connectivity index (χ0) is 19.4. The third-order valence-corrected chi connectivity index (χ3v) is 4.69. The summed E-state index contributed by atoms with van der Waals surface area (Å²) in [5.41, 5.74) is 0.0854.